The summed E-state index contributed by atoms with van der Waals surface area (Å²) < 4.78 is 51.1. The zero-order valence-electron chi connectivity index (χ0n) is 14.0. The van der Waals surface area contributed by atoms with E-state index in [4.69, 9.17) is 0 Å². The molecule has 138 valence electrons. The van der Waals surface area contributed by atoms with Crippen molar-refractivity contribution in [3.63, 3.8) is 0 Å². The van der Waals surface area contributed by atoms with E-state index in [1.165, 1.54) is 28.6 Å². The molecule has 1 heterocycles. The average molecular weight is 394 g/mol. The van der Waals surface area contributed by atoms with Gasteiger partial charge in [0.25, 0.3) is 5.91 Å². The third kappa shape index (κ3) is 3.95. The van der Waals surface area contributed by atoms with E-state index in [1.54, 1.807) is 0 Å². The molecule has 0 unspecified atom stereocenters. The van der Waals surface area contributed by atoms with Crippen molar-refractivity contribution in [1.82, 2.24) is 9.03 Å². The molecule has 1 N–H and O–H groups in total. The highest BCUT2D eigenvalue weighted by molar-refractivity contribution is 7.89. The number of carbonyl (C=O) groups excluding carboxylic acids is 1. The lowest BCUT2D eigenvalue weighted by Gasteiger charge is -2.28. The second kappa shape index (κ2) is 6.82. The molecule has 9 heteroatoms. The molecule has 0 atom stereocenters. The minimum absolute atomic E-state index is 0.0628. The van der Waals surface area contributed by atoms with Crippen molar-refractivity contribution in [3.05, 3.63) is 65.2 Å². The number of rotatable bonds is 4. The molecule has 0 bridgehead atoms. The van der Waals surface area contributed by atoms with Gasteiger partial charge in [0, 0.05) is 18.7 Å². The van der Waals surface area contributed by atoms with E-state index in [2.05, 4.69) is 0 Å². The lowest BCUT2D eigenvalue weighted by atomic mass is 10.0. The molecule has 0 radical (unpaired) electrons. The van der Waals surface area contributed by atoms with Gasteiger partial charge in [0.05, 0.1) is 11.2 Å². The molecular formula is C17H18N2O5S2. The predicted molar refractivity (Wildman–Crippen MR) is 96.5 cm³/mol. The maximum absolute atomic E-state index is 12.8. The van der Waals surface area contributed by atoms with E-state index in [0.29, 0.717) is 19.5 Å². The fourth-order valence-electron chi connectivity index (χ4n) is 2.83. The number of carbonyl (C=O) groups is 1. The monoisotopic (exact) mass is 394 g/mol. The number of nitrogens with one attached hydrogen (secondary N) is 1. The predicted octanol–water partition coefficient (Wildman–Crippen LogP) is 1.12. The Hall–Kier alpha value is -2.23. The Balaban J connectivity index is 1.81. The van der Waals surface area contributed by atoms with Crippen molar-refractivity contribution in [3.8, 4) is 0 Å². The third-order valence-electron chi connectivity index (χ3n) is 4.13. The fourth-order valence-corrected chi connectivity index (χ4v) is 4.70. The summed E-state index contributed by atoms with van der Waals surface area (Å²) in [6, 6.07) is 12.9. The molecule has 0 spiro atoms. The van der Waals surface area contributed by atoms with Crippen molar-refractivity contribution in [1.29, 1.82) is 0 Å². The quantitative estimate of drug-likeness (QED) is 0.838. The second-order valence-electron chi connectivity index (χ2n) is 6.09. The van der Waals surface area contributed by atoms with Gasteiger partial charge in [0.15, 0.2) is 0 Å². The summed E-state index contributed by atoms with van der Waals surface area (Å²) >= 11 is 0. The Morgan fingerprint density at radius 2 is 1.58 bits per heavy atom. The first kappa shape index (κ1) is 18.6. The summed E-state index contributed by atoms with van der Waals surface area (Å²) in [4.78, 5) is 11.9. The molecular weight excluding hydrogens is 376 g/mol. The highest BCUT2D eigenvalue weighted by Gasteiger charge is 2.28. The highest BCUT2D eigenvalue weighted by Crippen LogP contribution is 2.25. The number of benzene rings is 2. The van der Waals surface area contributed by atoms with E-state index < -0.39 is 26.0 Å². The summed E-state index contributed by atoms with van der Waals surface area (Å²) in [5, 5.41) is 0. The molecule has 26 heavy (non-hydrogen) atoms. The van der Waals surface area contributed by atoms with Crippen LogP contribution >= 0.6 is 0 Å². The molecule has 2 aromatic rings. The maximum atomic E-state index is 12.8. The van der Waals surface area contributed by atoms with Crippen LogP contribution in [0.1, 0.15) is 21.5 Å². The van der Waals surface area contributed by atoms with Crippen LogP contribution in [0.15, 0.2) is 53.4 Å². The molecule has 0 saturated carbocycles. The van der Waals surface area contributed by atoms with Crippen LogP contribution in [0.3, 0.4) is 0 Å². The van der Waals surface area contributed by atoms with Crippen LogP contribution in [0.25, 0.3) is 0 Å². The summed E-state index contributed by atoms with van der Waals surface area (Å²) in [5.41, 5.74) is 2.19. The minimum atomic E-state index is -3.70. The summed E-state index contributed by atoms with van der Waals surface area (Å²) in [6.07, 6.45) is 1.52. The number of amides is 1. The number of nitrogens with zero attached hydrogens (tertiary/aromatic N) is 1. The molecule has 7 nitrogen and oxygen atoms in total. The lowest BCUT2D eigenvalue weighted by molar-refractivity contribution is 0.0981. The molecule has 3 rings (SSSR count). The Morgan fingerprint density at radius 3 is 2.19 bits per heavy atom. The third-order valence-corrected chi connectivity index (χ3v) is 6.54. The van der Waals surface area contributed by atoms with Crippen LogP contribution in [0, 0.1) is 0 Å². The van der Waals surface area contributed by atoms with Crippen LogP contribution in [-0.2, 0) is 33.0 Å². The number of hydrogen-bond donors (Lipinski definition) is 1. The molecule has 0 saturated heterocycles. The second-order valence-corrected chi connectivity index (χ2v) is 9.77. The van der Waals surface area contributed by atoms with Crippen molar-refractivity contribution < 1.29 is 21.6 Å². The van der Waals surface area contributed by atoms with Crippen LogP contribution < -0.4 is 4.72 Å². The van der Waals surface area contributed by atoms with Crippen molar-refractivity contribution in [2.45, 2.75) is 17.9 Å². The average Bonchev–Trinajstić information content (AvgIpc) is 2.60. The number of hydrogen-bond acceptors (Lipinski definition) is 5. The lowest BCUT2D eigenvalue weighted by Crippen LogP contribution is -2.36. The summed E-state index contributed by atoms with van der Waals surface area (Å²) in [6.45, 7) is 0.685. The van der Waals surface area contributed by atoms with Gasteiger partial charge in [0.2, 0.25) is 20.0 Å². The largest absolute Gasteiger partial charge is 0.268 e. The Morgan fingerprint density at radius 1 is 0.962 bits per heavy atom. The van der Waals surface area contributed by atoms with Crippen molar-refractivity contribution >= 4 is 26.0 Å². The molecule has 1 aliphatic heterocycles. The molecule has 0 fully saturated rings. The zero-order chi connectivity index (χ0) is 18.9. The highest BCUT2D eigenvalue weighted by atomic mass is 32.2. The Bertz CT molecular complexity index is 1040. The van der Waals surface area contributed by atoms with E-state index in [-0.39, 0.29) is 10.5 Å². The summed E-state index contributed by atoms with van der Waals surface area (Å²) in [7, 11) is -7.38. The van der Waals surface area contributed by atoms with Crippen LogP contribution in [0.5, 0.6) is 0 Å². The number of fused-ring (bicyclic) bond motifs is 1. The zero-order valence-corrected chi connectivity index (χ0v) is 15.7. The van der Waals surface area contributed by atoms with E-state index in [9.17, 15) is 21.6 Å². The van der Waals surface area contributed by atoms with E-state index in [0.717, 1.165) is 17.4 Å². The molecule has 0 aromatic heterocycles. The van der Waals surface area contributed by atoms with Gasteiger partial charge in [-0.1, -0.05) is 24.3 Å². The maximum Gasteiger partial charge on any atom is 0.264 e. The first-order valence-electron chi connectivity index (χ1n) is 7.86. The van der Waals surface area contributed by atoms with Gasteiger partial charge in [-0.15, -0.1) is 0 Å². The standard InChI is InChI=1S/C17H18N2O5S2/c1-25(21,22)18-17(20)14-6-8-16(9-7-14)26(23,24)19-11-10-13-4-2-3-5-15(13)12-19/h2-9H,10-12H2,1H3,(H,18,20). The SMILES string of the molecule is CS(=O)(=O)NC(=O)c1ccc(S(=O)(=O)N2CCc3ccccc3C2)cc1. The van der Waals surface area contributed by atoms with Gasteiger partial charge in [0.1, 0.15) is 0 Å². The van der Waals surface area contributed by atoms with E-state index >= 15 is 0 Å². The number of sulfonamides is 2. The molecule has 1 aliphatic rings. The van der Waals surface area contributed by atoms with Gasteiger partial charge in [-0.3, -0.25) is 4.79 Å². The Kier molecular flexibility index (Phi) is 4.87. The van der Waals surface area contributed by atoms with E-state index in [1.807, 2.05) is 29.0 Å². The topological polar surface area (TPSA) is 101 Å². The van der Waals surface area contributed by atoms with Crippen LogP contribution in [0.4, 0.5) is 0 Å². The smallest absolute Gasteiger partial charge is 0.264 e. The normalized spacial score (nSPS) is 15.3. The van der Waals surface area contributed by atoms with Gasteiger partial charge in [-0.2, -0.15) is 4.31 Å². The van der Waals surface area contributed by atoms with Gasteiger partial charge in [-0.05, 0) is 41.8 Å². The van der Waals surface area contributed by atoms with Gasteiger partial charge < -0.3 is 0 Å². The van der Waals surface area contributed by atoms with Gasteiger partial charge in [-0.25, -0.2) is 21.6 Å². The summed E-state index contributed by atoms with van der Waals surface area (Å²) in [5.74, 6) is -0.802. The first-order chi connectivity index (χ1) is 12.2. The van der Waals surface area contributed by atoms with Crippen molar-refractivity contribution in [2.24, 2.45) is 0 Å². The first-order valence-corrected chi connectivity index (χ1v) is 11.2. The molecule has 0 aliphatic carbocycles. The molecule has 1 amide bonds. The fraction of sp³-hybridized carbons (Fsp3) is 0.235. The van der Waals surface area contributed by atoms with Gasteiger partial charge >= 0.3 is 0 Å². The molecule has 2 aromatic carbocycles. The van der Waals surface area contributed by atoms with Crippen molar-refractivity contribution in [2.75, 3.05) is 12.8 Å². The van der Waals surface area contributed by atoms with Crippen LogP contribution in [-0.4, -0.2) is 39.8 Å². The Labute approximate surface area is 152 Å². The minimum Gasteiger partial charge on any atom is -0.268 e. The van der Waals surface area contributed by atoms with Crippen LogP contribution in [0.2, 0.25) is 0 Å².